The summed E-state index contributed by atoms with van der Waals surface area (Å²) in [6.45, 7) is 5.58. The van der Waals surface area contributed by atoms with E-state index in [4.69, 9.17) is 34.4 Å². The molecule has 0 spiro atoms. The molecule has 29 nitrogen and oxygen atoms in total. The SMILES string of the molecule is CC(C)C(NC(=O)C(CCC(N)=O)NC(=O)C(CCC(=O)O)NC(=O)C(NC(=O)C(N)C(C)O)C(C)O)C(=O)NC(CCCN=C(N)N)C(=O)N1CCCC1C(=O)NC(CCCN=C(N)N)C(=O)O. The molecule has 1 aliphatic heterocycles. The van der Waals surface area contributed by atoms with E-state index >= 15 is 0 Å². The van der Waals surface area contributed by atoms with E-state index in [1.807, 2.05) is 0 Å². The van der Waals surface area contributed by atoms with Crippen LogP contribution in [0, 0.1) is 5.92 Å². The Labute approximate surface area is 398 Å². The van der Waals surface area contributed by atoms with E-state index < -0.39 is 151 Å². The highest BCUT2D eigenvalue weighted by molar-refractivity contribution is 5.98. The average Bonchev–Trinajstić information content (AvgIpc) is 3.75. The summed E-state index contributed by atoms with van der Waals surface area (Å²) in [5, 5.41) is 53.4. The molecule has 22 N–H and O–H groups in total. The van der Waals surface area contributed by atoms with Crippen LogP contribution in [0.3, 0.4) is 0 Å². The van der Waals surface area contributed by atoms with Gasteiger partial charge in [-0.1, -0.05) is 13.8 Å². The lowest BCUT2D eigenvalue weighted by atomic mass is 10.00. The number of nitrogens with two attached hydrogens (primary N) is 6. The quantitative estimate of drug-likeness (QED) is 0.0174. The summed E-state index contributed by atoms with van der Waals surface area (Å²) < 4.78 is 0. The highest BCUT2D eigenvalue weighted by Crippen LogP contribution is 2.21. The summed E-state index contributed by atoms with van der Waals surface area (Å²) in [6.07, 6.45) is -4.48. The number of likely N-dealkylation sites (tertiary alicyclic amines) is 1. The van der Waals surface area contributed by atoms with Gasteiger partial charge in [0.25, 0.3) is 0 Å². The number of carbonyl (C=O) groups is 10. The van der Waals surface area contributed by atoms with Crippen LogP contribution in [0.5, 0.6) is 0 Å². The second kappa shape index (κ2) is 29.8. The predicted octanol–water partition coefficient (Wildman–Crippen LogP) is -7.05. The summed E-state index contributed by atoms with van der Waals surface area (Å²) in [5.41, 5.74) is 32.5. The molecule has 1 heterocycles. The lowest BCUT2D eigenvalue weighted by molar-refractivity contribution is -0.145. The highest BCUT2D eigenvalue weighted by atomic mass is 16.4. The van der Waals surface area contributed by atoms with Crippen LogP contribution in [0.25, 0.3) is 0 Å². The average molecular weight is 986 g/mol. The second-order valence-electron chi connectivity index (χ2n) is 16.8. The van der Waals surface area contributed by atoms with Crippen LogP contribution in [-0.2, 0) is 47.9 Å². The highest BCUT2D eigenvalue weighted by Gasteiger charge is 2.40. The molecule has 1 aliphatic rings. The Balaban J connectivity index is 3.45. The Hall–Kier alpha value is -6.88. The van der Waals surface area contributed by atoms with Gasteiger partial charge in [0.1, 0.15) is 48.3 Å². The van der Waals surface area contributed by atoms with Crippen molar-refractivity contribution < 1.29 is 68.4 Å². The molecule has 29 heteroatoms. The third-order valence-electron chi connectivity index (χ3n) is 10.7. The fraction of sp³-hybridized carbons (Fsp3) is 0.700. The number of aliphatic hydroxyl groups excluding tert-OH is 2. The molecule has 0 radical (unpaired) electrons. The Bertz CT molecular complexity index is 1870. The monoisotopic (exact) mass is 986 g/mol. The zero-order valence-corrected chi connectivity index (χ0v) is 39.2. The fourth-order valence-corrected chi connectivity index (χ4v) is 6.84. The molecule has 0 aromatic heterocycles. The number of hydrogen-bond acceptors (Lipinski definition) is 15. The first-order chi connectivity index (χ1) is 32.2. The maximum absolute atomic E-state index is 14.2. The lowest BCUT2D eigenvalue weighted by Crippen LogP contribution is -2.62. The van der Waals surface area contributed by atoms with Crippen molar-refractivity contribution in [3.63, 3.8) is 0 Å². The van der Waals surface area contributed by atoms with Crippen molar-refractivity contribution in [1.29, 1.82) is 0 Å². The van der Waals surface area contributed by atoms with Gasteiger partial charge in [-0.05, 0) is 71.1 Å². The fourth-order valence-electron chi connectivity index (χ4n) is 6.84. The van der Waals surface area contributed by atoms with Gasteiger partial charge in [0.15, 0.2) is 11.9 Å². The third kappa shape index (κ3) is 21.7. The van der Waals surface area contributed by atoms with E-state index in [2.05, 4.69) is 41.9 Å². The number of carboxylic acids is 2. The van der Waals surface area contributed by atoms with Crippen molar-refractivity contribution in [2.45, 2.75) is 152 Å². The van der Waals surface area contributed by atoms with Crippen LogP contribution in [0.1, 0.15) is 91.9 Å². The molecular formula is C40H71N15O14. The van der Waals surface area contributed by atoms with E-state index in [0.29, 0.717) is 6.42 Å². The van der Waals surface area contributed by atoms with Crippen molar-refractivity contribution in [2.24, 2.45) is 50.3 Å². The first-order valence-corrected chi connectivity index (χ1v) is 22.3. The number of primary amides is 1. The number of aliphatic carboxylic acids is 2. The molecule has 0 saturated carbocycles. The van der Waals surface area contributed by atoms with Gasteiger partial charge in [-0.25, -0.2) is 4.79 Å². The van der Waals surface area contributed by atoms with Crippen molar-refractivity contribution in [2.75, 3.05) is 19.6 Å². The summed E-state index contributed by atoms with van der Waals surface area (Å²) in [7, 11) is 0. The molecule has 0 aromatic carbocycles. The van der Waals surface area contributed by atoms with Crippen LogP contribution >= 0.6 is 0 Å². The molecular weight excluding hydrogens is 915 g/mol. The number of aliphatic imine (C=N–C) groups is 2. The van der Waals surface area contributed by atoms with Crippen molar-refractivity contribution >= 4 is 71.1 Å². The van der Waals surface area contributed by atoms with Crippen LogP contribution in [0.2, 0.25) is 0 Å². The number of carbonyl (C=O) groups excluding carboxylic acids is 8. The van der Waals surface area contributed by atoms with E-state index in [9.17, 15) is 68.4 Å². The number of hydrogen-bond donors (Lipinski definition) is 16. The molecule has 10 unspecified atom stereocenters. The third-order valence-corrected chi connectivity index (χ3v) is 10.7. The van der Waals surface area contributed by atoms with Crippen LogP contribution < -0.4 is 66.3 Å². The Morgan fingerprint density at radius 3 is 1.55 bits per heavy atom. The number of rotatable bonds is 31. The number of carboxylic acid groups (broad SMARTS) is 2. The van der Waals surface area contributed by atoms with E-state index in [1.54, 1.807) is 0 Å². The maximum Gasteiger partial charge on any atom is 0.326 e. The maximum atomic E-state index is 14.2. The summed E-state index contributed by atoms with van der Waals surface area (Å²) >= 11 is 0. The molecule has 0 aliphatic carbocycles. The van der Waals surface area contributed by atoms with Gasteiger partial charge in [-0.2, -0.15) is 0 Å². The molecule has 0 bridgehead atoms. The topological polar surface area (TPSA) is 508 Å². The summed E-state index contributed by atoms with van der Waals surface area (Å²) in [5.74, 6) is -11.6. The Morgan fingerprint density at radius 1 is 0.594 bits per heavy atom. The first kappa shape index (κ1) is 60.1. The number of aliphatic hydroxyl groups is 2. The van der Waals surface area contributed by atoms with Gasteiger partial charge >= 0.3 is 11.9 Å². The Morgan fingerprint density at radius 2 is 1.07 bits per heavy atom. The van der Waals surface area contributed by atoms with Crippen LogP contribution in [0.4, 0.5) is 0 Å². The van der Waals surface area contributed by atoms with E-state index in [-0.39, 0.29) is 63.7 Å². The van der Waals surface area contributed by atoms with Crippen LogP contribution in [0.15, 0.2) is 9.98 Å². The van der Waals surface area contributed by atoms with Crippen molar-refractivity contribution in [3.05, 3.63) is 0 Å². The largest absolute Gasteiger partial charge is 0.481 e. The standard InChI is InChI=1S/C40H71N15O14/c1-18(2)29(35(65)51-23(8-5-15-47-39(43)44)37(67)55-17-7-10-25(55)33(63)52-24(38(68)69)9-6-16-48-40(45)46)53-32(62)21(11-13-26(41)58)49-31(61)22(12-14-27(59)60)50-36(66)30(20(4)57)54-34(64)28(42)19(3)56/h18-25,28-30,56-57H,5-17,42H2,1-4H3,(H2,41,58)(H,49,61)(H,50,66)(H,51,65)(H,52,63)(H,53,62)(H,54,64)(H,59,60)(H,68,69)(H4,43,44,47)(H4,45,46,48). The van der Waals surface area contributed by atoms with Gasteiger partial charge < -0.3 is 91.6 Å². The lowest BCUT2D eigenvalue weighted by Gasteiger charge is -2.31. The van der Waals surface area contributed by atoms with Gasteiger partial charge in [-0.3, -0.25) is 53.1 Å². The predicted molar refractivity (Wildman–Crippen MR) is 245 cm³/mol. The zero-order chi connectivity index (χ0) is 52.7. The minimum Gasteiger partial charge on any atom is -0.481 e. The second-order valence-corrected chi connectivity index (χ2v) is 16.8. The van der Waals surface area contributed by atoms with Gasteiger partial charge in [0, 0.05) is 32.5 Å². The first-order valence-electron chi connectivity index (χ1n) is 22.3. The van der Waals surface area contributed by atoms with Gasteiger partial charge in [0.2, 0.25) is 47.3 Å². The minimum atomic E-state index is -1.76. The minimum absolute atomic E-state index is 0.0248. The van der Waals surface area contributed by atoms with E-state index in [1.165, 1.54) is 25.7 Å². The molecule has 8 amide bonds. The van der Waals surface area contributed by atoms with Crippen molar-refractivity contribution in [3.8, 4) is 0 Å². The van der Waals surface area contributed by atoms with E-state index in [0.717, 1.165) is 6.92 Å². The molecule has 1 saturated heterocycles. The number of nitrogens with one attached hydrogen (secondary N) is 6. The smallest absolute Gasteiger partial charge is 0.326 e. The number of nitrogens with zero attached hydrogens (tertiary/aromatic N) is 3. The molecule has 390 valence electrons. The number of guanidine groups is 2. The van der Waals surface area contributed by atoms with Gasteiger partial charge in [0.05, 0.1) is 12.2 Å². The summed E-state index contributed by atoms with van der Waals surface area (Å²) in [4.78, 5) is 140. The molecule has 1 fully saturated rings. The molecule has 10 atom stereocenters. The summed E-state index contributed by atoms with van der Waals surface area (Å²) in [6, 6.07) is -12.0. The molecule has 69 heavy (non-hydrogen) atoms. The number of amides is 8. The molecule has 1 rings (SSSR count). The van der Waals surface area contributed by atoms with Crippen molar-refractivity contribution in [1.82, 2.24) is 36.8 Å². The zero-order valence-electron chi connectivity index (χ0n) is 39.2. The normalized spacial score (nSPS) is 17.2. The van der Waals surface area contributed by atoms with Gasteiger partial charge in [-0.15, -0.1) is 0 Å². The Kier molecular flexibility index (Phi) is 26.0. The molecule has 0 aromatic rings. The van der Waals surface area contributed by atoms with Crippen LogP contribution in [-0.4, -0.2) is 177 Å².